The molecule has 0 bridgehead atoms. The Hall–Kier alpha value is -0.0800. The summed E-state index contributed by atoms with van der Waals surface area (Å²) in [4.78, 5) is 2.58. The number of hydrogen-bond acceptors (Lipinski definition) is 2. The topological polar surface area (TPSA) is 15.3 Å². The molecule has 2 atom stereocenters. The minimum absolute atomic E-state index is 0.697. The van der Waals surface area contributed by atoms with Crippen LogP contribution in [-0.2, 0) is 0 Å². The minimum Gasteiger partial charge on any atom is -0.313 e. The summed E-state index contributed by atoms with van der Waals surface area (Å²) in [5.41, 5.74) is 0. The summed E-state index contributed by atoms with van der Waals surface area (Å²) in [6.07, 6.45) is 2.66. The van der Waals surface area contributed by atoms with E-state index in [4.69, 9.17) is 0 Å². The average molecular weight is 198 g/mol. The molecule has 2 heteroatoms. The van der Waals surface area contributed by atoms with Gasteiger partial charge < -0.3 is 5.32 Å². The molecule has 0 aromatic heterocycles. The van der Waals surface area contributed by atoms with E-state index in [1.165, 1.54) is 25.9 Å². The molecular formula is C12H26N2. The minimum atomic E-state index is 0.697. The van der Waals surface area contributed by atoms with Gasteiger partial charge in [0, 0.05) is 25.2 Å². The maximum absolute atomic E-state index is 3.63. The molecule has 1 aliphatic rings. The van der Waals surface area contributed by atoms with Crippen LogP contribution in [-0.4, -0.2) is 36.6 Å². The zero-order chi connectivity index (χ0) is 10.6. The highest BCUT2D eigenvalue weighted by atomic mass is 15.2. The van der Waals surface area contributed by atoms with Crippen molar-refractivity contribution in [3.05, 3.63) is 0 Å². The first-order valence-corrected chi connectivity index (χ1v) is 6.12. The Morgan fingerprint density at radius 1 is 1.36 bits per heavy atom. The summed E-state index contributed by atoms with van der Waals surface area (Å²) in [5, 5.41) is 3.63. The molecule has 0 amide bonds. The molecule has 1 rings (SSSR count). The van der Waals surface area contributed by atoms with Crippen LogP contribution in [0.25, 0.3) is 0 Å². The molecule has 0 aromatic carbocycles. The zero-order valence-electron chi connectivity index (χ0n) is 10.2. The van der Waals surface area contributed by atoms with Gasteiger partial charge in [-0.3, -0.25) is 4.90 Å². The van der Waals surface area contributed by atoms with Crippen molar-refractivity contribution >= 4 is 0 Å². The Kier molecular flexibility index (Phi) is 4.90. The van der Waals surface area contributed by atoms with Gasteiger partial charge in [0.2, 0.25) is 0 Å². The monoisotopic (exact) mass is 198 g/mol. The summed E-state index contributed by atoms with van der Waals surface area (Å²) in [5.74, 6) is 0.858. The second kappa shape index (κ2) is 5.72. The van der Waals surface area contributed by atoms with E-state index in [9.17, 15) is 0 Å². The molecule has 1 N–H and O–H groups in total. The molecule has 0 aliphatic carbocycles. The van der Waals surface area contributed by atoms with Crippen molar-refractivity contribution in [3.63, 3.8) is 0 Å². The van der Waals surface area contributed by atoms with Crippen LogP contribution in [0.1, 0.15) is 40.5 Å². The fourth-order valence-corrected chi connectivity index (χ4v) is 2.37. The van der Waals surface area contributed by atoms with Crippen LogP contribution in [0, 0.1) is 5.92 Å². The maximum Gasteiger partial charge on any atom is 0.0110 e. The number of rotatable bonds is 2. The molecule has 2 nitrogen and oxygen atoms in total. The standard InChI is InChI=1S/C12H26N2/c1-5-12-6-8-14(10(2)3)9-7-13-11(12)4/h10-13H,5-9H2,1-4H3. The molecule has 0 saturated carbocycles. The predicted octanol–water partition coefficient (Wildman–Crippen LogP) is 2.10. The van der Waals surface area contributed by atoms with Crippen LogP contribution in [0.15, 0.2) is 0 Å². The van der Waals surface area contributed by atoms with E-state index in [2.05, 4.69) is 37.9 Å². The van der Waals surface area contributed by atoms with Crippen molar-refractivity contribution in [3.8, 4) is 0 Å². The van der Waals surface area contributed by atoms with Gasteiger partial charge in [-0.15, -0.1) is 0 Å². The molecule has 84 valence electrons. The van der Waals surface area contributed by atoms with E-state index in [0.29, 0.717) is 12.1 Å². The van der Waals surface area contributed by atoms with Gasteiger partial charge in [0.05, 0.1) is 0 Å². The van der Waals surface area contributed by atoms with Crippen LogP contribution in [0.5, 0.6) is 0 Å². The Morgan fingerprint density at radius 2 is 2.07 bits per heavy atom. The van der Waals surface area contributed by atoms with Crippen LogP contribution in [0.4, 0.5) is 0 Å². The van der Waals surface area contributed by atoms with Crippen molar-refractivity contribution in [2.45, 2.75) is 52.6 Å². The van der Waals surface area contributed by atoms with E-state index < -0.39 is 0 Å². The summed E-state index contributed by atoms with van der Waals surface area (Å²) in [7, 11) is 0. The summed E-state index contributed by atoms with van der Waals surface area (Å²) < 4.78 is 0. The lowest BCUT2D eigenvalue weighted by Gasteiger charge is -2.34. The molecule has 1 heterocycles. The van der Waals surface area contributed by atoms with Gasteiger partial charge in [0.25, 0.3) is 0 Å². The van der Waals surface area contributed by atoms with Crippen molar-refractivity contribution in [2.75, 3.05) is 19.6 Å². The first-order valence-electron chi connectivity index (χ1n) is 6.12. The molecule has 1 aliphatic heterocycles. The Bertz CT molecular complexity index is 154. The zero-order valence-corrected chi connectivity index (χ0v) is 10.2. The predicted molar refractivity (Wildman–Crippen MR) is 62.6 cm³/mol. The molecule has 14 heavy (non-hydrogen) atoms. The lowest BCUT2D eigenvalue weighted by molar-refractivity contribution is 0.170. The fraction of sp³-hybridized carbons (Fsp3) is 1.00. The van der Waals surface area contributed by atoms with Crippen molar-refractivity contribution in [1.82, 2.24) is 10.2 Å². The smallest absolute Gasteiger partial charge is 0.0110 e. The van der Waals surface area contributed by atoms with Crippen molar-refractivity contribution in [1.29, 1.82) is 0 Å². The highest BCUT2D eigenvalue weighted by molar-refractivity contribution is 4.77. The highest BCUT2D eigenvalue weighted by Gasteiger charge is 2.20. The SMILES string of the molecule is CCC1CCN(C(C)C)CCNC1C. The summed E-state index contributed by atoms with van der Waals surface area (Å²) in [6.45, 7) is 12.9. The van der Waals surface area contributed by atoms with E-state index in [1.54, 1.807) is 0 Å². The third-order valence-electron chi connectivity index (χ3n) is 3.61. The number of hydrogen-bond donors (Lipinski definition) is 1. The van der Waals surface area contributed by atoms with Gasteiger partial charge in [-0.05, 0) is 39.7 Å². The van der Waals surface area contributed by atoms with Gasteiger partial charge in [-0.1, -0.05) is 13.3 Å². The number of nitrogens with zero attached hydrogens (tertiary/aromatic N) is 1. The first kappa shape index (κ1) is 12.0. The molecule has 1 fully saturated rings. The van der Waals surface area contributed by atoms with Crippen LogP contribution >= 0.6 is 0 Å². The van der Waals surface area contributed by atoms with Gasteiger partial charge >= 0.3 is 0 Å². The Balaban J connectivity index is 2.46. The quantitative estimate of drug-likeness (QED) is 0.731. The third-order valence-corrected chi connectivity index (χ3v) is 3.61. The van der Waals surface area contributed by atoms with Crippen LogP contribution in [0.3, 0.4) is 0 Å². The normalized spacial score (nSPS) is 31.5. The van der Waals surface area contributed by atoms with E-state index in [-0.39, 0.29) is 0 Å². The second-order valence-electron chi connectivity index (χ2n) is 4.83. The lowest BCUT2D eigenvalue weighted by atomic mass is 9.93. The summed E-state index contributed by atoms with van der Waals surface area (Å²) in [6, 6.07) is 1.40. The van der Waals surface area contributed by atoms with E-state index in [1.807, 2.05) is 0 Å². The second-order valence-corrected chi connectivity index (χ2v) is 4.83. The lowest BCUT2D eigenvalue weighted by Crippen LogP contribution is -2.46. The fourth-order valence-electron chi connectivity index (χ4n) is 2.37. The average Bonchev–Trinajstić information content (AvgIpc) is 2.11. The van der Waals surface area contributed by atoms with Crippen LogP contribution < -0.4 is 5.32 Å². The van der Waals surface area contributed by atoms with Gasteiger partial charge in [-0.25, -0.2) is 0 Å². The summed E-state index contributed by atoms with van der Waals surface area (Å²) >= 11 is 0. The first-order chi connectivity index (χ1) is 6.65. The van der Waals surface area contributed by atoms with Gasteiger partial charge in [0.15, 0.2) is 0 Å². The van der Waals surface area contributed by atoms with E-state index >= 15 is 0 Å². The molecule has 2 unspecified atom stereocenters. The maximum atomic E-state index is 3.63. The molecule has 0 radical (unpaired) electrons. The van der Waals surface area contributed by atoms with Crippen LogP contribution in [0.2, 0.25) is 0 Å². The molecular weight excluding hydrogens is 172 g/mol. The van der Waals surface area contributed by atoms with E-state index in [0.717, 1.165) is 12.5 Å². The van der Waals surface area contributed by atoms with Gasteiger partial charge in [-0.2, -0.15) is 0 Å². The van der Waals surface area contributed by atoms with Gasteiger partial charge in [0.1, 0.15) is 0 Å². The van der Waals surface area contributed by atoms with Crippen molar-refractivity contribution in [2.24, 2.45) is 5.92 Å². The largest absolute Gasteiger partial charge is 0.313 e. The molecule has 1 saturated heterocycles. The highest BCUT2D eigenvalue weighted by Crippen LogP contribution is 2.16. The number of nitrogens with one attached hydrogen (secondary N) is 1. The Labute approximate surface area is 89.1 Å². The third kappa shape index (κ3) is 3.25. The molecule has 0 spiro atoms. The molecule has 0 aromatic rings. The Morgan fingerprint density at radius 3 is 2.64 bits per heavy atom. The van der Waals surface area contributed by atoms with Crippen molar-refractivity contribution < 1.29 is 0 Å².